The zero-order valence-corrected chi connectivity index (χ0v) is 14.2. The summed E-state index contributed by atoms with van der Waals surface area (Å²) in [5, 5.41) is 2.82. The van der Waals surface area contributed by atoms with E-state index in [0.29, 0.717) is 12.1 Å². The van der Waals surface area contributed by atoms with Gasteiger partial charge in [-0.2, -0.15) is 0 Å². The Bertz CT molecular complexity index is 483. The number of hydrogen-bond acceptors (Lipinski definition) is 2. The van der Waals surface area contributed by atoms with Gasteiger partial charge in [0.05, 0.1) is 6.04 Å². The highest BCUT2D eigenvalue weighted by atomic mass is 35.5. The number of amides is 1. The lowest BCUT2D eigenvalue weighted by Gasteiger charge is -2.30. The van der Waals surface area contributed by atoms with E-state index in [1.165, 1.54) is 6.07 Å². The van der Waals surface area contributed by atoms with Crippen LogP contribution in [0.4, 0.5) is 4.39 Å². The Hall–Kier alpha value is -1.13. The van der Waals surface area contributed by atoms with Crippen LogP contribution < -0.4 is 11.1 Å². The van der Waals surface area contributed by atoms with Crippen molar-refractivity contribution >= 4 is 18.3 Å². The van der Waals surface area contributed by atoms with E-state index in [1.807, 2.05) is 34.6 Å². The van der Waals surface area contributed by atoms with Gasteiger partial charge in [-0.3, -0.25) is 4.79 Å². The average Bonchev–Trinajstić information content (AvgIpc) is 2.34. The van der Waals surface area contributed by atoms with E-state index in [4.69, 9.17) is 5.73 Å². The van der Waals surface area contributed by atoms with Gasteiger partial charge in [0.1, 0.15) is 5.82 Å². The fraction of sp³-hybridized carbons (Fsp3) is 0.562. The molecule has 1 aromatic carbocycles. The molecule has 3 nitrogen and oxygen atoms in total. The van der Waals surface area contributed by atoms with E-state index in [-0.39, 0.29) is 29.5 Å². The van der Waals surface area contributed by atoms with E-state index in [1.54, 1.807) is 18.2 Å². The SMILES string of the molecule is CC(C)(CNC(=O)[C@@H](N)C(C)(C)C)c1ccccc1F.Cl. The molecule has 1 rings (SSSR count). The molecule has 0 saturated heterocycles. The first-order valence-electron chi connectivity index (χ1n) is 6.84. The molecule has 0 spiro atoms. The third kappa shape index (κ3) is 5.29. The minimum Gasteiger partial charge on any atom is -0.354 e. The predicted octanol–water partition coefficient (Wildman–Crippen LogP) is 3.01. The number of benzene rings is 1. The van der Waals surface area contributed by atoms with Crippen LogP contribution in [0.15, 0.2) is 24.3 Å². The van der Waals surface area contributed by atoms with Gasteiger partial charge in [-0.05, 0) is 17.0 Å². The molecule has 3 N–H and O–H groups in total. The summed E-state index contributed by atoms with van der Waals surface area (Å²) in [6.45, 7) is 9.89. The van der Waals surface area contributed by atoms with Gasteiger partial charge >= 0.3 is 0 Å². The van der Waals surface area contributed by atoms with E-state index in [0.717, 1.165) is 0 Å². The van der Waals surface area contributed by atoms with Crippen molar-refractivity contribution in [3.63, 3.8) is 0 Å². The van der Waals surface area contributed by atoms with Crippen molar-refractivity contribution in [3.05, 3.63) is 35.6 Å². The lowest BCUT2D eigenvalue weighted by molar-refractivity contribution is -0.124. The summed E-state index contributed by atoms with van der Waals surface area (Å²) in [7, 11) is 0. The maximum atomic E-state index is 13.8. The lowest BCUT2D eigenvalue weighted by atomic mass is 9.83. The Kier molecular flexibility index (Phi) is 6.84. The Morgan fingerprint density at radius 3 is 2.24 bits per heavy atom. The second kappa shape index (κ2) is 7.23. The van der Waals surface area contributed by atoms with Crippen LogP contribution in [0.25, 0.3) is 0 Å². The first-order chi connectivity index (χ1) is 9.05. The minimum absolute atomic E-state index is 0. The van der Waals surface area contributed by atoms with Gasteiger partial charge in [-0.1, -0.05) is 52.8 Å². The van der Waals surface area contributed by atoms with Crippen LogP contribution in [0.5, 0.6) is 0 Å². The zero-order chi connectivity index (χ0) is 15.6. The van der Waals surface area contributed by atoms with Gasteiger partial charge in [0, 0.05) is 12.0 Å². The molecule has 0 aliphatic carbocycles. The maximum Gasteiger partial charge on any atom is 0.237 e. The summed E-state index contributed by atoms with van der Waals surface area (Å²) in [5.74, 6) is -0.464. The summed E-state index contributed by atoms with van der Waals surface area (Å²) in [6, 6.07) is 6.04. The van der Waals surface area contributed by atoms with Crippen molar-refractivity contribution in [2.45, 2.75) is 46.1 Å². The molecule has 0 aliphatic heterocycles. The molecule has 0 bridgehead atoms. The Morgan fingerprint density at radius 1 is 1.24 bits per heavy atom. The van der Waals surface area contributed by atoms with Gasteiger partial charge < -0.3 is 11.1 Å². The van der Waals surface area contributed by atoms with Crippen LogP contribution in [-0.2, 0) is 10.2 Å². The Balaban J connectivity index is 0.00000400. The molecule has 5 heteroatoms. The summed E-state index contributed by atoms with van der Waals surface area (Å²) in [5.41, 5.74) is 5.71. The highest BCUT2D eigenvalue weighted by molar-refractivity contribution is 5.85. The molecule has 0 fully saturated rings. The van der Waals surface area contributed by atoms with Gasteiger partial charge in [-0.25, -0.2) is 4.39 Å². The molecule has 0 aromatic heterocycles. The summed E-state index contributed by atoms with van der Waals surface area (Å²) >= 11 is 0. The van der Waals surface area contributed by atoms with Crippen molar-refractivity contribution in [3.8, 4) is 0 Å². The Morgan fingerprint density at radius 2 is 1.76 bits per heavy atom. The summed E-state index contributed by atoms with van der Waals surface area (Å²) < 4.78 is 13.8. The van der Waals surface area contributed by atoms with Gasteiger partial charge in [0.25, 0.3) is 0 Å². The quantitative estimate of drug-likeness (QED) is 0.897. The van der Waals surface area contributed by atoms with E-state index >= 15 is 0 Å². The number of halogens is 2. The normalized spacial score (nSPS) is 13.3. The van der Waals surface area contributed by atoms with Crippen molar-refractivity contribution < 1.29 is 9.18 Å². The Labute approximate surface area is 132 Å². The first kappa shape index (κ1) is 19.9. The fourth-order valence-corrected chi connectivity index (χ4v) is 1.92. The number of nitrogens with one attached hydrogen (secondary N) is 1. The molecule has 0 radical (unpaired) electrons. The highest BCUT2D eigenvalue weighted by Crippen LogP contribution is 2.25. The van der Waals surface area contributed by atoms with Crippen molar-refractivity contribution in [1.82, 2.24) is 5.32 Å². The predicted molar refractivity (Wildman–Crippen MR) is 87.1 cm³/mol. The fourth-order valence-electron chi connectivity index (χ4n) is 1.92. The third-order valence-electron chi connectivity index (χ3n) is 3.52. The second-order valence-corrected chi connectivity index (χ2v) is 6.93. The van der Waals surface area contributed by atoms with E-state index in [9.17, 15) is 9.18 Å². The molecule has 0 unspecified atom stereocenters. The van der Waals surface area contributed by atoms with E-state index < -0.39 is 11.5 Å². The summed E-state index contributed by atoms with van der Waals surface area (Å²) in [4.78, 5) is 12.0. The number of hydrogen-bond donors (Lipinski definition) is 2. The minimum atomic E-state index is -0.584. The average molecular weight is 317 g/mol. The molecule has 120 valence electrons. The van der Waals surface area contributed by atoms with E-state index in [2.05, 4.69) is 5.32 Å². The second-order valence-electron chi connectivity index (χ2n) is 6.93. The molecular weight excluding hydrogens is 291 g/mol. The van der Waals surface area contributed by atoms with Gasteiger partial charge in [0.2, 0.25) is 5.91 Å². The molecule has 0 saturated carbocycles. The van der Waals surface area contributed by atoms with Crippen LogP contribution in [0.2, 0.25) is 0 Å². The van der Waals surface area contributed by atoms with Crippen LogP contribution in [-0.4, -0.2) is 18.5 Å². The smallest absolute Gasteiger partial charge is 0.237 e. The maximum absolute atomic E-state index is 13.8. The summed E-state index contributed by atoms with van der Waals surface area (Å²) in [6.07, 6.45) is 0. The molecule has 0 aliphatic rings. The van der Waals surface area contributed by atoms with Crippen LogP contribution in [0.1, 0.15) is 40.2 Å². The molecular formula is C16H26ClFN2O. The van der Waals surface area contributed by atoms with Crippen LogP contribution in [0.3, 0.4) is 0 Å². The van der Waals surface area contributed by atoms with Gasteiger partial charge in [0.15, 0.2) is 0 Å². The monoisotopic (exact) mass is 316 g/mol. The molecule has 1 atom stereocenters. The van der Waals surface area contributed by atoms with Gasteiger partial charge in [-0.15, -0.1) is 12.4 Å². The molecule has 1 amide bonds. The number of carbonyl (C=O) groups excluding carboxylic acids is 1. The van der Waals surface area contributed by atoms with Crippen LogP contribution >= 0.6 is 12.4 Å². The van der Waals surface area contributed by atoms with Crippen molar-refractivity contribution in [2.24, 2.45) is 11.1 Å². The van der Waals surface area contributed by atoms with Crippen molar-refractivity contribution in [1.29, 1.82) is 0 Å². The third-order valence-corrected chi connectivity index (χ3v) is 3.52. The van der Waals surface area contributed by atoms with Crippen molar-refractivity contribution in [2.75, 3.05) is 6.54 Å². The largest absolute Gasteiger partial charge is 0.354 e. The number of rotatable bonds is 4. The standard InChI is InChI=1S/C16H25FN2O.ClH/c1-15(2,3)13(18)14(20)19-10-16(4,5)11-8-6-7-9-12(11)17;/h6-9,13H,10,18H2,1-5H3,(H,19,20);1H/t13-;/m1./s1. The zero-order valence-electron chi connectivity index (χ0n) is 13.4. The lowest BCUT2D eigenvalue weighted by Crippen LogP contribution is -2.51. The number of carbonyl (C=O) groups is 1. The topological polar surface area (TPSA) is 55.1 Å². The molecule has 0 heterocycles. The molecule has 21 heavy (non-hydrogen) atoms. The first-order valence-corrected chi connectivity index (χ1v) is 6.84. The highest BCUT2D eigenvalue weighted by Gasteiger charge is 2.30. The molecule has 1 aromatic rings. The number of nitrogens with two attached hydrogens (primary N) is 1. The van der Waals surface area contributed by atoms with Crippen LogP contribution in [0, 0.1) is 11.2 Å².